The molecule has 0 bridgehead atoms. The van der Waals surface area contributed by atoms with Crippen LogP contribution in [-0.2, 0) is 10.8 Å². The lowest BCUT2D eigenvalue weighted by atomic mass is 9.66. The van der Waals surface area contributed by atoms with Gasteiger partial charge in [-0.25, -0.2) is 0 Å². The second-order valence-electron chi connectivity index (χ2n) is 18.7. The molecule has 0 amide bonds. The Labute approximate surface area is 405 Å². The molecule has 0 saturated carbocycles. The van der Waals surface area contributed by atoms with Crippen molar-refractivity contribution in [2.45, 2.75) is 20.6 Å². The number of para-hydroxylation sites is 2. The molecule has 2 nitrogen and oxygen atoms in total. The van der Waals surface area contributed by atoms with Crippen LogP contribution in [-0.4, -0.2) is 0 Å². The van der Waals surface area contributed by atoms with Crippen LogP contribution >= 0.6 is 11.8 Å². The number of benzene rings is 11. The fourth-order valence-corrected chi connectivity index (χ4v) is 13.8. The molecule has 322 valence electrons. The third kappa shape index (κ3) is 5.23. The number of hydrogen-bond donors (Lipinski definition) is 0. The number of rotatable bonds is 4. The molecule has 0 aromatic heterocycles. The zero-order chi connectivity index (χ0) is 45.3. The summed E-state index contributed by atoms with van der Waals surface area (Å²) in [7, 11) is 0. The quantitative estimate of drug-likeness (QED) is 0.175. The minimum absolute atomic E-state index is 0.559. The Bertz CT molecular complexity index is 3840. The van der Waals surface area contributed by atoms with Crippen LogP contribution in [0.2, 0.25) is 0 Å². The third-order valence-corrected chi connectivity index (χ3v) is 16.5. The molecule has 11 aromatic rings. The van der Waals surface area contributed by atoms with E-state index < -0.39 is 10.8 Å². The number of hydrogen-bond acceptors (Lipinski definition) is 3. The van der Waals surface area contributed by atoms with Gasteiger partial charge >= 0.3 is 0 Å². The molecule has 3 heteroatoms. The summed E-state index contributed by atoms with van der Waals surface area (Å²) in [5.41, 5.74) is 19.7. The Balaban J connectivity index is 1.03. The summed E-state index contributed by atoms with van der Waals surface area (Å²) in [6, 6.07) is 92.5. The third-order valence-electron chi connectivity index (χ3n) is 15.4. The molecule has 0 atom stereocenters. The van der Waals surface area contributed by atoms with E-state index in [2.05, 4.69) is 254 Å². The van der Waals surface area contributed by atoms with E-state index in [1.807, 2.05) is 11.8 Å². The Kier molecular flexibility index (Phi) is 8.17. The summed E-state index contributed by atoms with van der Waals surface area (Å²) in [4.78, 5) is 5.12. The van der Waals surface area contributed by atoms with Gasteiger partial charge in [0.15, 0.2) is 0 Å². The highest BCUT2D eigenvalue weighted by atomic mass is 32.2. The van der Waals surface area contributed by atoms with Gasteiger partial charge in [-0.2, -0.15) is 0 Å². The van der Waals surface area contributed by atoms with E-state index in [4.69, 9.17) is 4.74 Å². The monoisotopic (exact) mass is 895 g/mol. The standard InChI is InChI=1S/C66H41NOS/c1-2-17-42(18-3-1)43-33-35-46(36-34-43)67(59-28-16-27-56-64(59)49-21-6-7-22-51(49)65(56)52-23-8-12-29-60(52)68-61-30-13-9-24-53(61)65)47-37-38-48-50-39-44-19-4-5-20-45(44)40-57(50)66(58(48)41-47)54-25-10-14-31-62(54)69-63-32-15-11-26-55(63)66/h1-41H. The summed E-state index contributed by atoms with van der Waals surface area (Å²) in [5, 5.41) is 2.50. The van der Waals surface area contributed by atoms with Crippen molar-refractivity contribution in [1.82, 2.24) is 0 Å². The van der Waals surface area contributed by atoms with Gasteiger partial charge in [0.25, 0.3) is 0 Å². The molecule has 0 unspecified atom stereocenters. The maximum absolute atomic E-state index is 6.75. The van der Waals surface area contributed by atoms with Gasteiger partial charge in [0.1, 0.15) is 11.5 Å². The molecule has 15 rings (SSSR count). The van der Waals surface area contributed by atoms with Crippen molar-refractivity contribution >= 4 is 39.6 Å². The van der Waals surface area contributed by atoms with Gasteiger partial charge in [0, 0.05) is 37.9 Å². The topological polar surface area (TPSA) is 12.5 Å². The average molecular weight is 896 g/mol. The summed E-state index contributed by atoms with van der Waals surface area (Å²) < 4.78 is 6.75. The van der Waals surface area contributed by atoms with E-state index in [0.29, 0.717) is 0 Å². The molecule has 0 radical (unpaired) electrons. The molecular formula is C66H41NOS. The van der Waals surface area contributed by atoms with Crippen molar-refractivity contribution < 1.29 is 4.74 Å². The molecule has 2 heterocycles. The molecule has 2 spiro atoms. The van der Waals surface area contributed by atoms with Crippen molar-refractivity contribution in [3.63, 3.8) is 0 Å². The number of nitrogens with zero attached hydrogens (tertiary/aromatic N) is 1. The number of fused-ring (bicyclic) bond motifs is 19. The highest BCUT2D eigenvalue weighted by Crippen LogP contribution is 2.66. The van der Waals surface area contributed by atoms with Gasteiger partial charge in [0.05, 0.1) is 16.5 Å². The van der Waals surface area contributed by atoms with Crippen LogP contribution in [0, 0.1) is 0 Å². The molecule has 0 fully saturated rings. The maximum atomic E-state index is 6.75. The molecule has 4 aliphatic rings. The van der Waals surface area contributed by atoms with Crippen LogP contribution in [0.4, 0.5) is 17.1 Å². The average Bonchev–Trinajstić information content (AvgIpc) is 3.86. The lowest BCUT2D eigenvalue weighted by molar-refractivity contribution is 0.436. The largest absolute Gasteiger partial charge is 0.457 e. The van der Waals surface area contributed by atoms with Gasteiger partial charge in [-0.05, 0) is 139 Å². The Morgan fingerprint density at radius 2 is 0.841 bits per heavy atom. The predicted octanol–water partition coefficient (Wildman–Crippen LogP) is 17.3. The fraction of sp³-hybridized carbons (Fsp3) is 0.0303. The second-order valence-corrected chi connectivity index (χ2v) is 19.7. The second kappa shape index (κ2) is 14.6. The zero-order valence-electron chi connectivity index (χ0n) is 37.4. The summed E-state index contributed by atoms with van der Waals surface area (Å²) >= 11 is 1.89. The Hall–Kier alpha value is -8.37. The SMILES string of the molecule is c1ccc(-c2ccc(N(c3ccc4c(c3)C3(c5ccccc5Sc5ccccc53)c3cc5ccccc5cc3-4)c3cccc4c3-c3ccccc3C43c4ccccc4Oc4ccccc43)cc2)cc1. The van der Waals surface area contributed by atoms with Gasteiger partial charge < -0.3 is 9.64 Å². The van der Waals surface area contributed by atoms with E-state index >= 15 is 0 Å². The van der Waals surface area contributed by atoms with Gasteiger partial charge in [-0.1, -0.05) is 194 Å². The predicted molar refractivity (Wildman–Crippen MR) is 283 cm³/mol. The molecule has 2 aliphatic heterocycles. The normalized spacial score (nSPS) is 14.4. The molecule has 11 aromatic carbocycles. The summed E-state index contributed by atoms with van der Waals surface area (Å²) in [6.45, 7) is 0. The van der Waals surface area contributed by atoms with Crippen molar-refractivity contribution in [2.24, 2.45) is 0 Å². The Morgan fingerprint density at radius 3 is 1.55 bits per heavy atom. The van der Waals surface area contributed by atoms with Crippen LogP contribution < -0.4 is 9.64 Å². The molecule has 69 heavy (non-hydrogen) atoms. The first-order chi connectivity index (χ1) is 34.2. The zero-order valence-corrected chi connectivity index (χ0v) is 38.3. The van der Waals surface area contributed by atoms with E-state index in [1.165, 1.54) is 87.3 Å². The smallest absolute Gasteiger partial charge is 0.132 e. The van der Waals surface area contributed by atoms with Crippen molar-refractivity contribution in [3.05, 3.63) is 293 Å². The lowest BCUT2D eigenvalue weighted by Crippen LogP contribution is -2.32. The fourth-order valence-electron chi connectivity index (χ4n) is 12.6. The first-order valence-electron chi connectivity index (χ1n) is 23.8. The Morgan fingerprint density at radius 1 is 0.319 bits per heavy atom. The van der Waals surface area contributed by atoms with Crippen LogP contribution in [0.15, 0.2) is 259 Å². The summed E-state index contributed by atoms with van der Waals surface area (Å²) in [5.74, 6) is 1.78. The van der Waals surface area contributed by atoms with Crippen molar-refractivity contribution in [2.75, 3.05) is 4.90 Å². The van der Waals surface area contributed by atoms with Crippen LogP contribution in [0.5, 0.6) is 11.5 Å². The molecule has 0 N–H and O–H groups in total. The van der Waals surface area contributed by atoms with Gasteiger partial charge in [-0.15, -0.1) is 0 Å². The molecule has 0 saturated heterocycles. The van der Waals surface area contributed by atoms with Gasteiger partial charge in [-0.3, -0.25) is 0 Å². The van der Waals surface area contributed by atoms with E-state index in [1.54, 1.807) is 0 Å². The van der Waals surface area contributed by atoms with E-state index in [-0.39, 0.29) is 0 Å². The lowest BCUT2D eigenvalue weighted by Gasteiger charge is -2.40. The van der Waals surface area contributed by atoms with Crippen molar-refractivity contribution in [1.29, 1.82) is 0 Å². The minimum atomic E-state index is -0.602. The highest BCUT2D eigenvalue weighted by Gasteiger charge is 2.53. The maximum Gasteiger partial charge on any atom is 0.132 e. The van der Waals surface area contributed by atoms with Crippen LogP contribution in [0.25, 0.3) is 44.2 Å². The van der Waals surface area contributed by atoms with Crippen LogP contribution in [0.1, 0.15) is 44.5 Å². The number of ether oxygens (including phenoxy) is 1. The van der Waals surface area contributed by atoms with Crippen LogP contribution in [0.3, 0.4) is 0 Å². The highest BCUT2D eigenvalue weighted by molar-refractivity contribution is 7.99. The number of anilines is 3. The van der Waals surface area contributed by atoms with E-state index in [0.717, 1.165) is 39.7 Å². The van der Waals surface area contributed by atoms with Gasteiger partial charge in [0.2, 0.25) is 0 Å². The first-order valence-corrected chi connectivity index (χ1v) is 24.6. The summed E-state index contributed by atoms with van der Waals surface area (Å²) in [6.07, 6.45) is 0. The van der Waals surface area contributed by atoms with E-state index in [9.17, 15) is 0 Å². The first kappa shape index (κ1) is 38.7. The molecular weight excluding hydrogens is 855 g/mol. The molecule has 2 aliphatic carbocycles. The van der Waals surface area contributed by atoms with Crippen molar-refractivity contribution in [3.8, 4) is 44.9 Å². The minimum Gasteiger partial charge on any atom is -0.457 e.